The Hall–Kier alpha value is -3.62. The van der Waals surface area contributed by atoms with E-state index in [1.807, 2.05) is 64.1 Å². The highest BCUT2D eigenvalue weighted by molar-refractivity contribution is 6.22. The molecule has 0 amide bonds. The number of anilines is 3. The first-order valence-electron chi connectivity index (χ1n) is 12.3. The second-order valence-corrected chi connectivity index (χ2v) is 8.65. The number of hydrogen-bond acceptors (Lipinski definition) is 8. The minimum Gasteiger partial charge on any atom is -0.506 e. The molecule has 0 radical (unpaired) electrons. The van der Waals surface area contributed by atoms with Gasteiger partial charge in [-0.25, -0.2) is 4.99 Å². The van der Waals surface area contributed by atoms with Crippen molar-refractivity contribution < 1.29 is 20.1 Å². The first kappa shape index (κ1) is 27.0. The average molecular weight is 493 g/mol. The van der Waals surface area contributed by atoms with E-state index in [0.717, 1.165) is 41.3 Å². The SMILES string of the molecule is CCN(CCO)c1ccc(/N=C2\C=C(Nc3ccc(N(CC)CCO)cc3C)C(=O)C=C2O)c(C)c1. The second-order valence-electron chi connectivity index (χ2n) is 8.65. The van der Waals surface area contributed by atoms with Crippen LogP contribution in [0.25, 0.3) is 0 Å². The van der Waals surface area contributed by atoms with Gasteiger partial charge in [-0.1, -0.05) is 0 Å². The lowest BCUT2D eigenvalue weighted by Crippen LogP contribution is -2.26. The van der Waals surface area contributed by atoms with Crippen LogP contribution in [-0.4, -0.2) is 66.2 Å². The summed E-state index contributed by atoms with van der Waals surface area (Å²) in [5.41, 5.74) is 5.93. The predicted molar refractivity (Wildman–Crippen MR) is 147 cm³/mol. The predicted octanol–water partition coefficient (Wildman–Crippen LogP) is 4.03. The fourth-order valence-electron chi connectivity index (χ4n) is 4.15. The third-order valence-electron chi connectivity index (χ3n) is 6.21. The first-order valence-corrected chi connectivity index (χ1v) is 12.3. The number of carbonyl (C=O) groups is 1. The first-order chi connectivity index (χ1) is 17.3. The molecular formula is C28H36N4O4. The highest BCUT2D eigenvalue weighted by Crippen LogP contribution is 2.28. The summed E-state index contributed by atoms with van der Waals surface area (Å²) in [5.74, 6) is -0.515. The van der Waals surface area contributed by atoms with Gasteiger partial charge < -0.3 is 30.4 Å². The van der Waals surface area contributed by atoms with Crippen LogP contribution in [0.5, 0.6) is 0 Å². The summed E-state index contributed by atoms with van der Waals surface area (Å²) < 4.78 is 0. The average Bonchev–Trinajstić information content (AvgIpc) is 2.86. The van der Waals surface area contributed by atoms with Crippen LogP contribution in [0.1, 0.15) is 25.0 Å². The zero-order valence-corrected chi connectivity index (χ0v) is 21.5. The number of hydrogen-bond donors (Lipinski definition) is 4. The molecule has 36 heavy (non-hydrogen) atoms. The van der Waals surface area contributed by atoms with Gasteiger partial charge in [0.1, 0.15) is 11.5 Å². The van der Waals surface area contributed by atoms with Crippen LogP contribution >= 0.6 is 0 Å². The third kappa shape index (κ3) is 6.33. The van der Waals surface area contributed by atoms with Gasteiger partial charge in [-0.05, 0) is 81.3 Å². The Bertz CT molecular complexity index is 1190. The second kappa shape index (κ2) is 12.4. The molecule has 1 aliphatic rings. The summed E-state index contributed by atoms with van der Waals surface area (Å²) >= 11 is 0. The molecule has 3 rings (SSSR count). The van der Waals surface area contributed by atoms with Gasteiger partial charge in [0.05, 0.1) is 24.6 Å². The smallest absolute Gasteiger partial charge is 0.205 e. The van der Waals surface area contributed by atoms with Gasteiger partial charge in [0.15, 0.2) is 0 Å². The topological polar surface area (TPSA) is 109 Å². The summed E-state index contributed by atoms with van der Waals surface area (Å²) in [6, 6.07) is 11.7. The Morgan fingerprint density at radius 1 is 0.861 bits per heavy atom. The number of nitrogens with zero attached hydrogens (tertiary/aromatic N) is 3. The lowest BCUT2D eigenvalue weighted by atomic mass is 10.1. The number of aliphatic imine (C=N–C) groups is 1. The number of aliphatic hydroxyl groups is 3. The number of nitrogens with one attached hydrogen (secondary N) is 1. The summed E-state index contributed by atoms with van der Waals surface area (Å²) in [5, 5.41) is 32.2. The summed E-state index contributed by atoms with van der Waals surface area (Å²) in [4.78, 5) is 21.4. The fraction of sp³-hybridized carbons (Fsp3) is 0.357. The molecule has 0 atom stereocenters. The quantitative estimate of drug-likeness (QED) is 0.351. The van der Waals surface area contributed by atoms with Crippen LogP contribution in [0.15, 0.2) is 65.0 Å². The van der Waals surface area contributed by atoms with Gasteiger partial charge in [-0.15, -0.1) is 0 Å². The number of ketones is 1. The Kier molecular flexibility index (Phi) is 9.27. The minimum atomic E-state index is -0.333. The molecule has 4 N–H and O–H groups in total. The van der Waals surface area contributed by atoms with Crippen molar-refractivity contribution in [2.24, 2.45) is 4.99 Å². The van der Waals surface area contributed by atoms with E-state index in [1.54, 1.807) is 6.08 Å². The van der Waals surface area contributed by atoms with Gasteiger partial charge in [0.25, 0.3) is 0 Å². The van der Waals surface area contributed by atoms with Crippen LogP contribution in [0.4, 0.5) is 22.7 Å². The number of benzene rings is 2. The van der Waals surface area contributed by atoms with E-state index in [0.29, 0.717) is 30.2 Å². The normalized spacial score (nSPS) is 14.5. The molecule has 8 heteroatoms. The van der Waals surface area contributed by atoms with Crippen molar-refractivity contribution in [2.45, 2.75) is 27.7 Å². The van der Waals surface area contributed by atoms with E-state index < -0.39 is 0 Å². The lowest BCUT2D eigenvalue weighted by molar-refractivity contribution is -0.111. The maximum Gasteiger partial charge on any atom is 0.205 e. The molecule has 0 saturated carbocycles. The maximum absolute atomic E-state index is 12.6. The Balaban J connectivity index is 1.87. The Morgan fingerprint density at radius 2 is 1.44 bits per heavy atom. The molecule has 0 bridgehead atoms. The number of rotatable bonds is 11. The summed E-state index contributed by atoms with van der Waals surface area (Å²) in [7, 11) is 0. The Labute approximate surface area is 212 Å². The molecule has 0 heterocycles. The van der Waals surface area contributed by atoms with Crippen molar-refractivity contribution >= 4 is 34.2 Å². The van der Waals surface area contributed by atoms with E-state index in [-0.39, 0.29) is 24.8 Å². The molecular weight excluding hydrogens is 456 g/mol. The fourth-order valence-corrected chi connectivity index (χ4v) is 4.15. The molecule has 0 spiro atoms. The van der Waals surface area contributed by atoms with E-state index in [9.17, 15) is 20.1 Å². The van der Waals surface area contributed by atoms with Crippen molar-refractivity contribution in [1.82, 2.24) is 0 Å². The summed E-state index contributed by atoms with van der Waals surface area (Å²) in [6.07, 6.45) is 2.74. The molecule has 0 unspecified atom stereocenters. The number of allylic oxidation sites excluding steroid dienone is 2. The molecule has 0 aromatic heterocycles. The van der Waals surface area contributed by atoms with Gasteiger partial charge in [-0.2, -0.15) is 0 Å². The van der Waals surface area contributed by atoms with Crippen molar-refractivity contribution in [3.63, 3.8) is 0 Å². The van der Waals surface area contributed by atoms with E-state index in [2.05, 4.69) is 20.1 Å². The number of aliphatic hydroxyl groups excluding tert-OH is 3. The van der Waals surface area contributed by atoms with Crippen molar-refractivity contribution in [2.75, 3.05) is 54.5 Å². The minimum absolute atomic E-state index is 0.0753. The van der Waals surface area contributed by atoms with Gasteiger partial charge >= 0.3 is 0 Å². The number of carbonyl (C=O) groups excluding carboxylic acids is 1. The maximum atomic E-state index is 12.6. The van der Waals surface area contributed by atoms with Crippen molar-refractivity contribution in [1.29, 1.82) is 0 Å². The molecule has 192 valence electrons. The zero-order chi connectivity index (χ0) is 26.2. The molecule has 0 fully saturated rings. The van der Waals surface area contributed by atoms with Crippen LogP contribution in [-0.2, 0) is 4.79 Å². The molecule has 0 aliphatic heterocycles. The standard InChI is InChI=1S/C28H36N4O4/c1-5-31(11-13-33)21-7-9-23(19(3)15-21)29-25-17-26(28(36)18-27(25)35)30-24-10-8-22(16-20(24)4)32(6-2)12-14-34/h7-10,15-18,29,33-34,36H,5-6,11-14H2,1-4H3/b30-26+. The number of aryl methyl sites for hydroxylation is 2. The number of likely N-dealkylation sites (N-methyl/N-ethyl adjacent to an activating group) is 2. The van der Waals surface area contributed by atoms with Gasteiger partial charge in [0, 0.05) is 49.3 Å². The molecule has 0 saturated heterocycles. The van der Waals surface area contributed by atoms with Crippen molar-refractivity contribution in [3.8, 4) is 0 Å². The van der Waals surface area contributed by atoms with Gasteiger partial charge in [-0.3, -0.25) is 4.79 Å². The van der Waals surface area contributed by atoms with Crippen LogP contribution in [0.3, 0.4) is 0 Å². The molecule has 1 aliphatic carbocycles. The highest BCUT2D eigenvalue weighted by atomic mass is 16.3. The Morgan fingerprint density at radius 3 is 1.97 bits per heavy atom. The van der Waals surface area contributed by atoms with Crippen molar-refractivity contribution in [3.05, 3.63) is 71.1 Å². The van der Waals surface area contributed by atoms with Crippen LogP contribution in [0.2, 0.25) is 0 Å². The molecule has 8 nitrogen and oxygen atoms in total. The zero-order valence-electron chi connectivity index (χ0n) is 21.5. The van der Waals surface area contributed by atoms with Gasteiger partial charge in [0.2, 0.25) is 5.78 Å². The van der Waals surface area contributed by atoms with E-state index in [1.165, 1.54) is 6.08 Å². The highest BCUT2D eigenvalue weighted by Gasteiger charge is 2.20. The van der Waals surface area contributed by atoms with E-state index >= 15 is 0 Å². The summed E-state index contributed by atoms with van der Waals surface area (Å²) in [6.45, 7) is 10.8. The monoisotopic (exact) mass is 492 g/mol. The largest absolute Gasteiger partial charge is 0.506 e. The van der Waals surface area contributed by atoms with Crippen LogP contribution in [0, 0.1) is 13.8 Å². The van der Waals surface area contributed by atoms with E-state index in [4.69, 9.17) is 0 Å². The molecule has 2 aromatic carbocycles. The van der Waals surface area contributed by atoms with Crippen LogP contribution < -0.4 is 15.1 Å². The lowest BCUT2D eigenvalue weighted by Gasteiger charge is -2.23. The third-order valence-corrected chi connectivity index (χ3v) is 6.21. The molecule has 2 aromatic rings.